The van der Waals surface area contributed by atoms with Gasteiger partial charge in [-0.25, -0.2) is 0 Å². The van der Waals surface area contributed by atoms with Crippen molar-refractivity contribution in [1.29, 1.82) is 0 Å². The Morgan fingerprint density at radius 2 is 1.96 bits per heavy atom. The number of amides is 1. The van der Waals surface area contributed by atoms with Crippen LogP contribution in [0.15, 0.2) is 42.5 Å². The molecule has 2 rings (SSSR count). The number of likely N-dealkylation sites (N-methyl/N-ethyl adjacent to an activating group) is 1. The van der Waals surface area contributed by atoms with Crippen LogP contribution in [0.5, 0.6) is 0 Å². The average Bonchev–Trinajstić information content (AvgIpc) is 2.51. The lowest BCUT2D eigenvalue weighted by molar-refractivity contribution is 0.0941. The summed E-state index contributed by atoms with van der Waals surface area (Å²) in [5.41, 5.74) is 8.84. The number of hydrogen-bond donors (Lipinski definition) is 2. The van der Waals surface area contributed by atoms with Gasteiger partial charge in [-0.15, -0.1) is 0 Å². The van der Waals surface area contributed by atoms with Gasteiger partial charge < -0.3 is 16.0 Å². The fraction of sp³-hybridized carbons (Fsp3) is 0.278. The molecule has 0 fully saturated rings. The molecule has 0 radical (unpaired) electrons. The third kappa shape index (κ3) is 4.24. The van der Waals surface area contributed by atoms with E-state index < -0.39 is 0 Å². The first-order chi connectivity index (χ1) is 10.9. The van der Waals surface area contributed by atoms with Crippen LogP contribution in [0.3, 0.4) is 0 Å². The smallest absolute Gasteiger partial charge is 0.251 e. The van der Waals surface area contributed by atoms with Gasteiger partial charge in [0.15, 0.2) is 0 Å². The highest BCUT2D eigenvalue weighted by molar-refractivity contribution is 6.31. The van der Waals surface area contributed by atoms with Crippen molar-refractivity contribution in [3.63, 3.8) is 0 Å². The fourth-order valence-corrected chi connectivity index (χ4v) is 2.75. The molecule has 0 heterocycles. The van der Waals surface area contributed by atoms with E-state index in [0.29, 0.717) is 22.8 Å². The maximum absolute atomic E-state index is 12.4. The molecule has 0 spiro atoms. The van der Waals surface area contributed by atoms with Crippen LogP contribution in [-0.2, 0) is 0 Å². The van der Waals surface area contributed by atoms with Gasteiger partial charge >= 0.3 is 0 Å². The number of nitrogens with zero attached hydrogens (tertiary/aromatic N) is 1. The zero-order valence-corrected chi connectivity index (χ0v) is 14.4. The molecule has 2 aromatic carbocycles. The van der Waals surface area contributed by atoms with Crippen LogP contribution in [0.2, 0.25) is 5.02 Å². The van der Waals surface area contributed by atoms with Crippen molar-refractivity contribution >= 4 is 23.2 Å². The van der Waals surface area contributed by atoms with Crippen LogP contribution in [0.4, 0.5) is 5.69 Å². The van der Waals surface area contributed by atoms with Gasteiger partial charge in [0.05, 0.1) is 6.04 Å². The normalized spacial score (nSPS) is 12.2. The van der Waals surface area contributed by atoms with E-state index in [1.165, 1.54) is 0 Å². The number of hydrogen-bond acceptors (Lipinski definition) is 3. The highest BCUT2D eigenvalue weighted by atomic mass is 35.5. The van der Waals surface area contributed by atoms with Crippen LogP contribution in [-0.4, -0.2) is 31.4 Å². The van der Waals surface area contributed by atoms with Crippen LogP contribution in [0, 0.1) is 6.92 Å². The summed E-state index contributed by atoms with van der Waals surface area (Å²) in [6, 6.07) is 13.0. The number of nitrogens with one attached hydrogen (secondary N) is 1. The molecular formula is C18H22ClN3O. The molecule has 1 atom stereocenters. The van der Waals surface area contributed by atoms with Gasteiger partial charge in [0.25, 0.3) is 5.91 Å². The quantitative estimate of drug-likeness (QED) is 0.827. The maximum Gasteiger partial charge on any atom is 0.251 e. The molecule has 0 aliphatic carbocycles. The van der Waals surface area contributed by atoms with Crippen molar-refractivity contribution in [2.75, 3.05) is 26.4 Å². The summed E-state index contributed by atoms with van der Waals surface area (Å²) in [5, 5.41) is 3.67. The lowest BCUT2D eigenvalue weighted by Gasteiger charge is -2.26. The third-order valence-corrected chi connectivity index (χ3v) is 4.19. The second-order valence-corrected chi connectivity index (χ2v) is 6.19. The number of carbonyl (C=O) groups is 1. The van der Waals surface area contributed by atoms with Crippen LogP contribution >= 0.6 is 11.6 Å². The molecule has 23 heavy (non-hydrogen) atoms. The maximum atomic E-state index is 12.4. The van der Waals surface area contributed by atoms with Crippen molar-refractivity contribution in [3.05, 3.63) is 64.2 Å². The molecule has 2 aromatic rings. The van der Waals surface area contributed by atoms with E-state index in [-0.39, 0.29) is 11.9 Å². The summed E-state index contributed by atoms with van der Waals surface area (Å²) < 4.78 is 0. The number of carbonyl (C=O) groups excluding carboxylic acids is 1. The van der Waals surface area contributed by atoms with Gasteiger partial charge in [0, 0.05) is 22.8 Å². The highest BCUT2D eigenvalue weighted by Crippen LogP contribution is 2.25. The number of aryl methyl sites for hydroxylation is 1. The molecule has 0 saturated carbocycles. The molecule has 5 heteroatoms. The minimum absolute atomic E-state index is 0.00554. The van der Waals surface area contributed by atoms with Crippen molar-refractivity contribution in [2.24, 2.45) is 0 Å². The minimum Gasteiger partial charge on any atom is -0.399 e. The zero-order valence-electron chi connectivity index (χ0n) is 13.6. The lowest BCUT2D eigenvalue weighted by Crippen LogP contribution is -2.35. The van der Waals surface area contributed by atoms with E-state index in [0.717, 1.165) is 11.1 Å². The first kappa shape index (κ1) is 17.3. The molecule has 0 saturated heterocycles. The van der Waals surface area contributed by atoms with Crippen molar-refractivity contribution in [1.82, 2.24) is 10.2 Å². The Bertz CT molecular complexity index is 700. The molecule has 0 aromatic heterocycles. The molecular weight excluding hydrogens is 310 g/mol. The monoisotopic (exact) mass is 331 g/mol. The Balaban J connectivity index is 2.15. The first-order valence-electron chi connectivity index (χ1n) is 7.45. The van der Waals surface area contributed by atoms with E-state index >= 15 is 0 Å². The summed E-state index contributed by atoms with van der Waals surface area (Å²) in [6.07, 6.45) is 0. The van der Waals surface area contributed by atoms with Gasteiger partial charge in [-0.05, 0) is 50.3 Å². The van der Waals surface area contributed by atoms with Gasteiger partial charge in [-0.1, -0.05) is 35.9 Å². The molecule has 0 bridgehead atoms. The SMILES string of the molecule is Cc1ccc(N)cc1C(=O)NCC(c1ccccc1Cl)N(C)C. The second kappa shape index (κ2) is 7.49. The van der Waals surface area contributed by atoms with Gasteiger partial charge in [0.1, 0.15) is 0 Å². The van der Waals surface area contributed by atoms with E-state index in [2.05, 4.69) is 5.32 Å². The topological polar surface area (TPSA) is 58.4 Å². The molecule has 1 unspecified atom stereocenters. The average molecular weight is 332 g/mol. The lowest BCUT2D eigenvalue weighted by atomic mass is 10.0. The third-order valence-electron chi connectivity index (χ3n) is 3.85. The molecule has 4 nitrogen and oxygen atoms in total. The number of rotatable bonds is 5. The number of anilines is 1. The Hall–Kier alpha value is -2.04. The Morgan fingerprint density at radius 3 is 2.61 bits per heavy atom. The van der Waals surface area contributed by atoms with Crippen molar-refractivity contribution < 1.29 is 4.79 Å². The number of nitrogen functional groups attached to an aromatic ring is 1. The van der Waals surface area contributed by atoms with E-state index in [9.17, 15) is 4.79 Å². The summed E-state index contributed by atoms with van der Waals surface area (Å²) in [5.74, 6) is -0.131. The van der Waals surface area contributed by atoms with Gasteiger partial charge in [-0.3, -0.25) is 4.79 Å². The molecule has 3 N–H and O–H groups in total. The van der Waals surface area contributed by atoms with Crippen molar-refractivity contribution in [3.8, 4) is 0 Å². The van der Waals surface area contributed by atoms with E-state index in [1.54, 1.807) is 12.1 Å². The first-order valence-corrected chi connectivity index (χ1v) is 7.83. The predicted octanol–water partition coefficient (Wildman–Crippen LogP) is 3.26. The molecule has 122 valence electrons. The standard InChI is InChI=1S/C18H22ClN3O/c1-12-8-9-13(20)10-15(12)18(23)21-11-17(22(2)3)14-6-4-5-7-16(14)19/h4-10,17H,11,20H2,1-3H3,(H,21,23). The van der Waals surface area contributed by atoms with Crippen LogP contribution in [0.25, 0.3) is 0 Å². The van der Waals surface area contributed by atoms with Gasteiger partial charge in [-0.2, -0.15) is 0 Å². The van der Waals surface area contributed by atoms with Crippen LogP contribution in [0.1, 0.15) is 27.5 Å². The summed E-state index contributed by atoms with van der Waals surface area (Å²) in [4.78, 5) is 14.5. The summed E-state index contributed by atoms with van der Waals surface area (Å²) in [7, 11) is 3.93. The van der Waals surface area contributed by atoms with Crippen molar-refractivity contribution in [2.45, 2.75) is 13.0 Å². The molecule has 0 aliphatic heterocycles. The summed E-state index contributed by atoms with van der Waals surface area (Å²) >= 11 is 6.29. The van der Waals surface area contributed by atoms with E-state index in [1.807, 2.05) is 56.3 Å². The highest BCUT2D eigenvalue weighted by Gasteiger charge is 2.18. The largest absolute Gasteiger partial charge is 0.399 e. The number of nitrogens with two attached hydrogens (primary N) is 1. The number of benzene rings is 2. The zero-order chi connectivity index (χ0) is 17.0. The molecule has 1 amide bonds. The van der Waals surface area contributed by atoms with E-state index in [4.69, 9.17) is 17.3 Å². The molecule has 0 aliphatic rings. The Labute approximate surface area is 142 Å². The Kier molecular flexibility index (Phi) is 5.64. The predicted molar refractivity (Wildman–Crippen MR) is 95.8 cm³/mol. The van der Waals surface area contributed by atoms with Gasteiger partial charge in [0.2, 0.25) is 0 Å². The Morgan fingerprint density at radius 1 is 1.26 bits per heavy atom. The van der Waals surface area contributed by atoms with Crippen LogP contribution < -0.4 is 11.1 Å². The number of halogens is 1. The second-order valence-electron chi connectivity index (χ2n) is 5.79. The summed E-state index contributed by atoms with van der Waals surface area (Å²) in [6.45, 7) is 2.36. The minimum atomic E-state index is -0.131. The fourth-order valence-electron chi connectivity index (χ4n) is 2.48.